The molecule has 100 valence electrons. The molecule has 0 radical (unpaired) electrons. The summed E-state index contributed by atoms with van der Waals surface area (Å²) in [5.41, 5.74) is 0.876. The van der Waals surface area contributed by atoms with E-state index in [2.05, 4.69) is 5.32 Å². The summed E-state index contributed by atoms with van der Waals surface area (Å²) < 4.78 is 47.8. The van der Waals surface area contributed by atoms with Gasteiger partial charge in [0, 0.05) is 17.4 Å². The first-order chi connectivity index (χ1) is 8.86. The zero-order valence-electron chi connectivity index (χ0n) is 9.60. The molecule has 2 rings (SSSR count). The van der Waals surface area contributed by atoms with Gasteiger partial charge >= 0.3 is 0 Å². The van der Waals surface area contributed by atoms with E-state index in [1.54, 1.807) is 0 Å². The number of nitrogens with one attached hydrogen (secondary N) is 1. The fourth-order valence-corrected chi connectivity index (χ4v) is 1.98. The molecule has 0 aromatic heterocycles. The lowest BCUT2D eigenvalue weighted by molar-refractivity contribution is 0.509. The zero-order valence-corrected chi connectivity index (χ0v) is 10.4. The average Bonchev–Trinajstić information content (AvgIpc) is 2.33. The second kappa shape index (κ2) is 4.94. The van der Waals surface area contributed by atoms with Gasteiger partial charge in [-0.3, -0.25) is 0 Å². The zero-order chi connectivity index (χ0) is 14.0. The van der Waals surface area contributed by atoms with Crippen LogP contribution in [0.15, 0.2) is 47.4 Å². The van der Waals surface area contributed by atoms with Crippen LogP contribution in [0.1, 0.15) is 0 Å². The fraction of sp³-hybridized carbons (Fsp3) is 0. The van der Waals surface area contributed by atoms with Gasteiger partial charge in [-0.2, -0.15) is 0 Å². The molecule has 0 saturated heterocycles. The molecule has 3 N–H and O–H groups in total. The molecule has 0 fully saturated rings. The van der Waals surface area contributed by atoms with Crippen molar-refractivity contribution in [2.45, 2.75) is 4.90 Å². The van der Waals surface area contributed by atoms with Gasteiger partial charge in [-0.15, -0.1) is 0 Å². The molecule has 0 amide bonds. The molecule has 0 heterocycles. The molecule has 2 aromatic carbocycles. The third-order valence-corrected chi connectivity index (χ3v) is 3.32. The SMILES string of the molecule is NS(=O)(=O)c1ccc(Nc2ccc(F)c(F)c2)cc1. The number of hydrogen-bond donors (Lipinski definition) is 2. The summed E-state index contributed by atoms with van der Waals surface area (Å²) >= 11 is 0. The minimum atomic E-state index is -3.74. The first-order valence-corrected chi connectivity index (χ1v) is 6.76. The number of primary sulfonamides is 1. The molecular formula is C12H10F2N2O2S. The van der Waals surface area contributed by atoms with Crippen LogP contribution < -0.4 is 10.5 Å². The standard InChI is InChI=1S/C12H10F2N2O2S/c13-11-6-3-9(7-12(11)14)16-8-1-4-10(5-2-8)19(15,17)18/h1-7,16H,(H2,15,17,18). The van der Waals surface area contributed by atoms with Crippen LogP contribution in [0.3, 0.4) is 0 Å². The molecule has 2 aromatic rings. The van der Waals surface area contributed by atoms with Gasteiger partial charge in [0.2, 0.25) is 10.0 Å². The molecule has 0 aliphatic rings. The summed E-state index contributed by atoms with van der Waals surface area (Å²) in [7, 11) is -3.74. The Kier molecular flexibility index (Phi) is 3.50. The van der Waals surface area contributed by atoms with Crippen LogP contribution in [-0.2, 0) is 10.0 Å². The molecule has 0 saturated carbocycles. The van der Waals surface area contributed by atoms with E-state index in [1.807, 2.05) is 0 Å². The Labute approximate surface area is 108 Å². The number of benzene rings is 2. The topological polar surface area (TPSA) is 72.2 Å². The Hall–Kier alpha value is -1.99. The van der Waals surface area contributed by atoms with Crippen molar-refractivity contribution < 1.29 is 17.2 Å². The van der Waals surface area contributed by atoms with E-state index in [9.17, 15) is 17.2 Å². The average molecular weight is 284 g/mol. The maximum absolute atomic E-state index is 13.0. The largest absolute Gasteiger partial charge is 0.355 e. The lowest BCUT2D eigenvalue weighted by Crippen LogP contribution is -2.11. The molecule has 0 aliphatic carbocycles. The summed E-state index contributed by atoms with van der Waals surface area (Å²) in [4.78, 5) is -0.0247. The van der Waals surface area contributed by atoms with Crippen molar-refractivity contribution in [3.8, 4) is 0 Å². The van der Waals surface area contributed by atoms with Gasteiger partial charge in [0.05, 0.1) is 4.90 Å². The number of hydrogen-bond acceptors (Lipinski definition) is 3. The van der Waals surface area contributed by atoms with Crippen molar-refractivity contribution in [3.63, 3.8) is 0 Å². The molecule has 0 atom stereocenters. The highest BCUT2D eigenvalue weighted by atomic mass is 32.2. The maximum Gasteiger partial charge on any atom is 0.238 e. The highest BCUT2D eigenvalue weighted by Gasteiger charge is 2.07. The van der Waals surface area contributed by atoms with E-state index in [4.69, 9.17) is 5.14 Å². The second-order valence-electron chi connectivity index (χ2n) is 3.82. The minimum Gasteiger partial charge on any atom is -0.355 e. The van der Waals surface area contributed by atoms with E-state index in [-0.39, 0.29) is 4.90 Å². The van der Waals surface area contributed by atoms with Gasteiger partial charge in [-0.1, -0.05) is 0 Å². The highest BCUT2D eigenvalue weighted by molar-refractivity contribution is 7.89. The number of anilines is 2. The number of sulfonamides is 1. The van der Waals surface area contributed by atoms with E-state index in [0.717, 1.165) is 12.1 Å². The van der Waals surface area contributed by atoms with Gasteiger partial charge in [-0.05, 0) is 36.4 Å². The summed E-state index contributed by atoms with van der Waals surface area (Å²) in [6.45, 7) is 0. The third kappa shape index (κ3) is 3.27. The van der Waals surface area contributed by atoms with Crippen LogP contribution in [0.25, 0.3) is 0 Å². The Bertz CT molecular complexity index is 700. The quantitative estimate of drug-likeness (QED) is 0.908. The molecule has 4 nitrogen and oxygen atoms in total. The van der Waals surface area contributed by atoms with Crippen LogP contribution >= 0.6 is 0 Å². The second-order valence-corrected chi connectivity index (χ2v) is 5.38. The van der Waals surface area contributed by atoms with Crippen molar-refractivity contribution in [2.75, 3.05) is 5.32 Å². The molecule has 0 unspecified atom stereocenters. The van der Waals surface area contributed by atoms with E-state index in [0.29, 0.717) is 11.4 Å². The Morgan fingerprint density at radius 2 is 1.47 bits per heavy atom. The smallest absolute Gasteiger partial charge is 0.238 e. The summed E-state index contributed by atoms with van der Waals surface area (Å²) in [5, 5.41) is 7.76. The fourth-order valence-electron chi connectivity index (χ4n) is 1.47. The lowest BCUT2D eigenvalue weighted by atomic mass is 10.2. The van der Waals surface area contributed by atoms with E-state index < -0.39 is 21.7 Å². The summed E-state index contributed by atoms with van der Waals surface area (Å²) in [5.74, 6) is -1.90. The van der Waals surface area contributed by atoms with Gasteiger partial charge in [0.15, 0.2) is 11.6 Å². The lowest BCUT2D eigenvalue weighted by Gasteiger charge is -2.07. The van der Waals surface area contributed by atoms with Crippen molar-refractivity contribution in [3.05, 3.63) is 54.1 Å². The van der Waals surface area contributed by atoms with Crippen LogP contribution in [0.2, 0.25) is 0 Å². The Balaban J connectivity index is 2.22. The monoisotopic (exact) mass is 284 g/mol. The first kappa shape index (κ1) is 13.4. The van der Waals surface area contributed by atoms with Gasteiger partial charge < -0.3 is 5.32 Å². The predicted octanol–water partition coefficient (Wildman–Crippen LogP) is 2.36. The predicted molar refractivity (Wildman–Crippen MR) is 67.5 cm³/mol. The maximum atomic E-state index is 13.0. The van der Waals surface area contributed by atoms with Crippen molar-refractivity contribution in [1.82, 2.24) is 0 Å². The van der Waals surface area contributed by atoms with Gasteiger partial charge in [-0.25, -0.2) is 22.3 Å². The Morgan fingerprint density at radius 1 is 0.895 bits per heavy atom. The van der Waals surface area contributed by atoms with Crippen LogP contribution in [0.4, 0.5) is 20.2 Å². The van der Waals surface area contributed by atoms with Gasteiger partial charge in [0.25, 0.3) is 0 Å². The summed E-state index contributed by atoms with van der Waals surface area (Å²) in [6, 6.07) is 8.95. The van der Waals surface area contributed by atoms with Crippen LogP contribution in [0, 0.1) is 11.6 Å². The van der Waals surface area contributed by atoms with Gasteiger partial charge in [0.1, 0.15) is 0 Å². The molecule has 0 aliphatic heterocycles. The van der Waals surface area contributed by atoms with Crippen molar-refractivity contribution >= 4 is 21.4 Å². The normalized spacial score (nSPS) is 11.3. The molecule has 19 heavy (non-hydrogen) atoms. The minimum absolute atomic E-state index is 0.0247. The summed E-state index contributed by atoms with van der Waals surface area (Å²) in [6.07, 6.45) is 0. The number of nitrogens with two attached hydrogens (primary N) is 1. The molecule has 7 heteroatoms. The van der Waals surface area contributed by atoms with E-state index >= 15 is 0 Å². The molecule has 0 bridgehead atoms. The first-order valence-electron chi connectivity index (χ1n) is 5.21. The van der Waals surface area contributed by atoms with Crippen molar-refractivity contribution in [1.29, 1.82) is 0 Å². The van der Waals surface area contributed by atoms with Crippen molar-refractivity contribution in [2.24, 2.45) is 5.14 Å². The molecular weight excluding hydrogens is 274 g/mol. The number of rotatable bonds is 3. The van der Waals surface area contributed by atoms with Crippen LogP contribution in [0.5, 0.6) is 0 Å². The highest BCUT2D eigenvalue weighted by Crippen LogP contribution is 2.20. The molecule has 0 spiro atoms. The third-order valence-electron chi connectivity index (χ3n) is 2.39. The number of halogens is 2. The van der Waals surface area contributed by atoms with Crippen LogP contribution in [-0.4, -0.2) is 8.42 Å². The van der Waals surface area contributed by atoms with E-state index in [1.165, 1.54) is 30.3 Å². The Morgan fingerprint density at radius 3 is 2.00 bits per heavy atom.